The van der Waals surface area contributed by atoms with Gasteiger partial charge in [-0.25, -0.2) is 0 Å². The summed E-state index contributed by atoms with van der Waals surface area (Å²) in [7, 11) is 0. The lowest BCUT2D eigenvalue weighted by Crippen LogP contribution is -1.92. The summed E-state index contributed by atoms with van der Waals surface area (Å²) in [5.74, 6) is 0. The minimum absolute atomic E-state index is 0.00981. The topological polar surface area (TPSA) is 37.3 Å². The molecule has 0 rings (SSSR count). The summed E-state index contributed by atoms with van der Waals surface area (Å²) in [6.07, 6.45) is 2.04. The number of carbonyl (C=O) groups excluding carboxylic acids is 1. The zero-order valence-electron chi connectivity index (χ0n) is 5.33. The second-order valence-corrected chi connectivity index (χ2v) is 2.40. The van der Waals surface area contributed by atoms with E-state index in [2.05, 4.69) is 0 Å². The van der Waals surface area contributed by atoms with Crippen LogP contribution in [-0.4, -0.2) is 16.8 Å². The van der Waals surface area contributed by atoms with Gasteiger partial charge in [0.1, 0.15) is 0 Å². The summed E-state index contributed by atoms with van der Waals surface area (Å²) < 4.78 is 0. The maximum absolute atomic E-state index is 10.6. The summed E-state index contributed by atoms with van der Waals surface area (Å²) in [4.78, 5) is 10.6. The molecule has 52 valence electrons. The Morgan fingerprint density at radius 1 is 1.78 bits per heavy atom. The van der Waals surface area contributed by atoms with Crippen molar-refractivity contribution in [3.63, 3.8) is 0 Å². The van der Waals surface area contributed by atoms with Crippen LogP contribution in [0.25, 0.3) is 0 Å². The summed E-state index contributed by atoms with van der Waals surface area (Å²) >= 11 is 1.12. The SMILES string of the molecule is CC=CSC(=O)CCO. The number of allylic oxidation sites excluding steroid dienone is 1. The standard InChI is InChI=1S/C6H10O2S/c1-2-5-9-6(8)3-4-7/h2,5,7H,3-4H2,1H3. The third-order valence-corrected chi connectivity index (χ3v) is 1.53. The van der Waals surface area contributed by atoms with Crippen LogP contribution in [0.4, 0.5) is 0 Å². The first kappa shape index (κ1) is 8.72. The highest BCUT2D eigenvalue weighted by Crippen LogP contribution is 2.05. The molecule has 0 spiro atoms. The van der Waals surface area contributed by atoms with Crippen molar-refractivity contribution in [3.05, 3.63) is 11.5 Å². The van der Waals surface area contributed by atoms with Crippen LogP contribution in [0.5, 0.6) is 0 Å². The zero-order chi connectivity index (χ0) is 7.11. The first-order valence-electron chi connectivity index (χ1n) is 2.72. The number of aliphatic hydroxyl groups is 1. The molecule has 0 aliphatic heterocycles. The monoisotopic (exact) mass is 146 g/mol. The maximum atomic E-state index is 10.6. The van der Waals surface area contributed by atoms with Gasteiger partial charge in [-0.3, -0.25) is 4.79 Å². The van der Waals surface area contributed by atoms with Gasteiger partial charge in [-0.2, -0.15) is 0 Å². The van der Waals surface area contributed by atoms with E-state index in [0.29, 0.717) is 0 Å². The highest BCUT2D eigenvalue weighted by molar-refractivity contribution is 8.16. The van der Waals surface area contributed by atoms with Crippen molar-refractivity contribution < 1.29 is 9.90 Å². The average molecular weight is 146 g/mol. The van der Waals surface area contributed by atoms with E-state index in [1.807, 2.05) is 6.92 Å². The Kier molecular flexibility index (Phi) is 5.67. The largest absolute Gasteiger partial charge is 0.396 e. The molecule has 3 heteroatoms. The van der Waals surface area contributed by atoms with Gasteiger partial charge in [0, 0.05) is 6.42 Å². The zero-order valence-corrected chi connectivity index (χ0v) is 6.15. The molecular weight excluding hydrogens is 136 g/mol. The van der Waals surface area contributed by atoms with Crippen molar-refractivity contribution in [1.82, 2.24) is 0 Å². The molecule has 0 aromatic heterocycles. The van der Waals surface area contributed by atoms with Crippen molar-refractivity contribution in [2.24, 2.45) is 0 Å². The van der Waals surface area contributed by atoms with Gasteiger partial charge in [-0.05, 0) is 12.3 Å². The van der Waals surface area contributed by atoms with Crippen LogP contribution in [0.2, 0.25) is 0 Å². The van der Waals surface area contributed by atoms with E-state index in [0.717, 1.165) is 11.8 Å². The fourth-order valence-corrected chi connectivity index (χ4v) is 0.791. The lowest BCUT2D eigenvalue weighted by atomic mass is 10.5. The minimum Gasteiger partial charge on any atom is -0.396 e. The van der Waals surface area contributed by atoms with Crippen LogP contribution >= 0.6 is 11.8 Å². The number of hydrogen-bond acceptors (Lipinski definition) is 3. The van der Waals surface area contributed by atoms with Crippen LogP contribution in [0.15, 0.2) is 11.5 Å². The number of rotatable bonds is 3. The molecule has 0 unspecified atom stereocenters. The van der Waals surface area contributed by atoms with Gasteiger partial charge in [0.25, 0.3) is 0 Å². The molecule has 1 N–H and O–H groups in total. The van der Waals surface area contributed by atoms with E-state index in [1.54, 1.807) is 11.5 Å². The fraction of sp³-hybridized carbons (Fsp3) is 0.500. The lowest BCUT2D eigenvalue weighted by Gasteiger charge is -1.88. The van der Waals surface area contributed by atoms with Crippen LogP contribution in [0.1, 0.15) is 13.3 Å². The maximum Gasteiger partial charge on any atom is 0.195 e. The molecule has 0 aliphatic rings. The first-order chi connectivity index (χ1) is 4.31. The van der Waals surface area contributed by atoms with Crippen LogP contribution in [0.3, 0.4) is 0 Å². The molecule has 0 saturated carbocycles. The van der Waals surface area contributed by atoms with Gasteiger partial charge in [0.15, 0.2) is 5.12 Å². The summed E-state index contributed by atoms with van der Waals surface area (Å²) in [5, 5.41) is 9.99. The lowest BCUT2D eigenvalue weighted by molar-refractivity contribution is -0.111. The Morgan fingerprint density at radius 3 is 2.89 bits per heavy atom. The molecule has 0 bridgehead atoms. The van der Waals surface area contributed by atoms with E-state index < -0.39 is 0 Å². The molecule has 0 saturated heterocycles. The predicted molar refractivity (Wildman–Crippen MR) is 39.1 cm³/mol. The molecule has 0 aromatic carbocycles. The van der Waals surface area contributed by atoms with Crippen LogP contribution in [-0.2, 0) is 4.79 Å². The highest BCUT2D eigenvalue weighted by Gasteiger charge is 1.95. The fourth-order valence-electron chi connectivity index (χ4n) is 0.294. The molecular formula is C6H10O2S. The second-order valence-electron chi connectivity index (χ2n) is 1.43. The first-order valence-corrected chi connectivity index (χ1v) is 3.60. The Labute approximate surface area is 59.0 Å². The van der Waals surface area contributed by atoms with E-state index in [-0.39, 0.29) is 18.1 Å². The van der Waals surface area contributed by atoms with E-state index in [9.17, 15) is 4.79 Å². The number of thioether (sulfide) groups is 1. The van der Waals surface area contributed by atoms with Gasteiger partial charge in [0.2, 0.25) is 0 Å². The number of hydrogen-bond donors (Lipinski definition) is 1. The Hall–Kier alpha value is -0.280. The van der Waals surface area contributed by atoms with E-state index in [1.165, 1.54) is 0 Å². The van der Waals surface area contributed by atoms with Gasteiger partial charge < -0.3 is 5.11 Å². The van der Waals surface area contributed by atoms with Crippen molar-refractivity contribution in [2.75, 3.05) is 6.61 Å². The molecule has 0 fully saturated rings. The molecule has 0 atom stereocenters. The van der Waals surface area contributed by atoms with Crippen molar-refractivity contribution >= 4 is 16.9 Å². The van der Waals surface area contributed by atoms with Gasteiger partial charge in [0.05, 0.1) is 6.61 Å². The summed E-state index contributed by atoms with van der Waals surface area (Å²) in [6.45, 7) is 1.79. The molecule has 2 nitrogen and oxygen atoms in total. The Balaban J connectivity index is 3.27. The van der Waals surface area contributed by atoms with Gasteiger partial charge >= 0.3 is 0 Å². The molecule has 0 amide bonds. The molecule has 0 aliphatic carbocycles. The molecule has 0 heterocycles. The average Bonchev–Trinajstić information content (AvgIpc) is 1.85. The van der Waals surface area contributed by atoms with Crippen LogP contribution in [0, 0.1) is 0 Å². The quantitative estimate of drug-likeness (QED) is 0.649. The highest BCUT2D eigenvalue weighted by atomic mass is 32.2. The second kappa shape index (κ2) is 5.85. The Morgan fingerprint density at radius 2 is 2.44 bits per heavy atom. The summed E-state index contributed by atoms with van der Waals surface area (Å²) in [5.41, 5.74) is 0. The molecule has 0 radical (unpaired) electrons. The third-order valence-electron chi connectivity index (χ3n) is 0.651. The van der Waals surface area contributed by atoms with Gasteiger partial charge in [-0.1, -0.05) is 17.8 Å². The van der Waals surface area contributed by atoms with Crippen molar-refractivity contribution in [3.8, 4) is 0 Å². The smallest absolute Gasteiger partial charge is 0.195 e. The Bertz CT molecular complexity index is 110. The third kappa shape index (κ3) is 5.59. The van der Waals surface area contributed by atoms with E-state index in [4.69, 9.17) is 5.11 Å². The van der Waals surface area contributed by atoms with Crippen molar-refractivity contribution in [2.45, 2.75) is 13.3 Å². The van der Waals surface area contributed by atoms with Crippen LogP contribution < -0.4 is 0 Å². The number of aliphatic hydroxyl groups excluding tert-OH is 1. The molecule has 9 heavy (non-hydrogen) atoms. The summed E-state index contributed by atoms with van der Waals surface area (Å²) in [6, 6.07) is 0. The molecule has 0 aromatic rings. The normalized spacial score (nSPS) is 10.4. The van der Waals surface area contributed by atoms with Crippen molar-refractivity contribution in [1.29, 1.82) is 0 Å². The van der Waals surface area contributed by atoms with Gasteiger partial charge in [-0.15, -0.1) is 0 Å². The van der Waals surface area contributed by atoms with E-state index >= 15 is 0 Å². The number of carbonyl (C=O) groups is 1. The predicted octanol–water partition coefficient (Wildman–Crippen LogP) is 1.16. The minimum atomic E-state index is -0.0522.